The minimum absolute atomic E-state index is 0.101. The fraction of sp³-hybridized carbons (Fsp3) is 0.471. The number of fused-ring (bicyclic) bond motifs is 1. The van der Waals surface area contributed by atoms with Crippen LogP contribution in [0.5, 0.6) is 11.5 Å². The minimum Gasteiger partial charge on any atom is -0.493 e. The van der Waals surface area contributed by atoms with Gasteiger partial charge in [0.2, 0.25) is 0 Å². The Balaban J connectivity index is 1.78. The summed E-state index contributed by atoms with van der Waals surface area (Å²) in [7, 11) is -0.724. The van der Waals surface area contributed by atoms with Gasteiger partial charge < -0.3 is 24.2 Å². The van der Waals surface area contributed by atoms with Crippen LogP contribution in [-0.2, 0) is 4.57 Å². The van der Waals surface area contributed by atoms with Crippen LogP contribution in [0.25, 0.3) is 10.8 Å². The van der Waals surface area contributed by atoms with Crippen LogP contribution in [-0.4, -0.2) is 72.8 Å². The Morgan fingerprint density at radius 3 is 2.38 bits per heavy atom. The van der Waals surface area contributed by atoms with Gasteiger partial charge in [-0.15, -0.1) is 0 Å². The maximum absolute atomic E-state index is 11.0. The summed E-state index contributed by atoms with van der Waals surface area (Å²) in [5.41, 5.74) is 0. The van der Waals surface area contributed by atoms with Crippen molar-refractivity contribution in [2.75, 3.05) is 58.0 Å². The van der Waals surface area contributed by atoms with Crippen molar-refractivity contribution in [3.05, 3.63) is 24.4 Å². The first-order valence-electron chi connectivity index (χ1n) is 8.44. The average molecular weight is 381 g/mol. The maximum atomic E-state index is 11.0. The van der Waals surface area contributed by atoms with Gasteiger partial charge in [-0.05, 0) is 23.6 Å². The third-order valence-electron chi connectivity index (χ3n) is 4.63. The summed E-state index contributed by atoms with van der Waals surface area (Å²) in [6, 6.07) is 5.82. The van der Waals surface area contributed by atoms with Crippen molar-refractivity contribution in [1.29, 1.82) is 0 Å². The van der Waals surface area contributed by atoms with Gasteiger partial charge in [-0.3, -0.25) is 9.46 Å². The van der Waals surface area contributed by atoms with Crippen molar-refractivity contribution in [2.24, 2.45) is 0 Å². The van der Waals surface area contributed by atoms with Crippen LogP contribution < -0.4 is 14.4 Å². The van der Waals surface area contributed by atoms with Gasteiger partial charge >= 0.3 is 7.60 Å². The van der Waals surface area contributed by atoms with Gasteiger partial charge in [-0.1, -0.05) is 0 Å². The van der Waals surface area contributed by atoms with Crippen LogP contribution in [0.4, 0.5) is 5.82 Å². The topological polar surface area (TPSA) is 95.4 Å². The molecule has 1 aromatic carbocycles. The molecule has 0 amide bonds. The summed E-state index contributed by atoms with van der Waals surface area (Å²) in [5.74, 6) is 2.23. The maximum Gasteiger partial charge on any atom is 0.326 e. The molecule has 8 nitrogen and oxygen atoms in total. The van der Waals surface area contributed by atoms with Crippen molar-refractivity contribution < 1.29 is 23.8 Å². The Hall–Kier alpha value is -1.86. The molecule has 0 saturated carbocycles. The first kappa shape index (κ1) is 18.9. The highest BCUT2D eigenvalue weighted by Gasteiger charge is 2.22. The van der Waals surface area contributed by atoms with Gasteiger partial charge in [-0.25, -0.2) is 4.98 Å². The Labute approximate surface area is 152 Å². The first-order chi connectivity index (χ1) is 12.4. The standard InChI is InChI=1S/C17H24N3O5P/c1-24-15-11-13-3-4-18-17(14(13)12-16(15)25-2)20-7-5-19(6-8-20)9-10-26(21,22)23/h3-4,11-12H,5-10H2,1-2H3,(H2,21,22,23). The zero-order chi connectivity index (χ0) is 18.7. The molecule has 1 aliphatic rings. The zero-order valence-electron chi connectivity index (χ0n) is 15.0. The highest BCUT2D eigenvalue weighted by Crippen LogP contribution is 2.36. The number of nitrogens with zero attached hydrogens (tertiary/aromatic N) is 3. The highest BCUT2D eigenvalue weighted by atomic mass is 31.2. The predicted octanol–water partition coefficient (Wildman–Crippen LogP) is 1.55. The summed E-state index contributed by atoms with van der Waals surface area (Å²) < 4.78 is 21.8. The van der Waals surface area contributed by atoms with Crippen LogP contribution in [0.3, 0.4) is 0 Å². The van der Waals surface area contributed by atoms with E-state index in [0.717, 1.165) is 42.8 Å². The number of pyridine rings is 1. The van der Waals surface area contributed by atoms with E-state index in [2.05, 4.69) is 14.8 Å². The lowest BCUT2D eigenvalue weighted by Gasteiger charge is -2.35. The van der Waals surface area contributed by atoms with Crippen LogP contribution in [0.2, 0.25) is 0 Å². The smallest absolute Gasteiger partial charge is 0.326 e. The number of rotatable bonds is 6. The number of ether oxygens (including phenoxy) is 2. The molecule has 1 fully saturated rings. The fourth-order valence-electron chi connectivity index (χ4n) is 3.19. The third-order valence-corrected chi connectivity index (χ3v) is 5.41. The van der Waals surface area contributed by atoms with Crippen molar-refractivity contribution in [3.8, 4) is 11.5 Å². The molecule has 3 rings (SSSR count). The molecular formula is C17H24N3O5P. The summed E-state index contributed by atoms with van der Waals surface area (Å²) in [4.78, 5) is 26.9. The lowest BCUT2D eigenvalue weighted by molar-refractivity contribution is 0.264. The largest absolute Gasteiger partial charge is 0.493 e. The number of hydrogen-bond acceptors (Lipinski definition) is 6. The number of anilines is 1. The molecule has 0 aliphatic carbocycles. The number of aromatic nitrogens is 1. The van der Waals surface area contributed by atoms with E-state index < -0.39 is 7.60 Å². The Bertz CT molecular complexity index is 817. The van der Waals surface area contributed by atoms with E-state index in [4.69, 9.17) is 19.3 Å². The molecule has 9 heteroatoms. The van der Waals surface area contributed by atoms with Gasteiger partial charge in [0.25, 0.3) is 0 Å². The fourth-order valence-corrected chi connectivity index (χ4v) is 3.73. The highest BCUT2D eigenvalue weighted by molar-refractivity contribution is 7.51. The molecule has 0 radical (unpaired) electrons. The van der Waals surface area contributed by atoms with E-state index in [1.54, 1.807) is 20.4 Å². The van der Waals surface area contributed by atoms with E-state index >= 15 is 0 Å². The summed E-state index contributed by atoms with van der Waals surface area (Å²) >= 11 is 0. The molecule has 0 atom stereocenters. The molecule has 1 aliphatic heterocycles. The van der Waals surface area contributed by atoms with Crippen molar-refractivity contribution in [3.63, 3.8) is 0 Å². The first-order valence-corrected chi connectivity index (χ1v) is 10.2. The molecule has 0 spiro atoms. The van der Waals surface area contributed by atoms with E-state index in [1.807, 2.05) is 18.2 Å². The van der Waals surface area contributed by atoms with Crippen LogP contribution in [0.15, 0.2) is 24.4 Å². The average Bonchev–Trinajstić information content (AvgIpc) is 2.64. The number of hydrogen-bond donors (Lipinski definition) is 2. The monoisotopic (exact) mass is 381 g/mol. The third kappa shape index (κ3) is 4.27. The summed E-state index contributed by atoms with van der Waals surface area (Å²) in [5, 5.41) is 2.02. The molecule has 1 aromatic heterocycles. The van der Waals surface area contributed by atoms with Gasteiger partial charge in [0, 0.05) is 44.3 Å². The second-order valence-electron chi connectivity index (χ2n) is 6.28. The van der Waals surface area contributed by atoms with Gasteiger partial charge in [0.05, 0.1) is 20.4 Å². The quantitative estimate of drug-likeness (QED) is 0.728. The zero-order valence-corrected chi connectivity index (χ0v) is 15.9. The minimum atomic E-state index is -3.95. The molecule has 2 heterocycles. The Kier molecular flexibility index (Phi) is 5.67. The molecule has 26 heavy (non-hydrogen) atoms. The molecule has 2 N–H and O–H groups in total. The van der Waals surface area contributed by atoms with E-state index in [-0.39, 0.29) is 6.16 Å². The second kappa shape index (κ2) is 7.80. The molecule has 1 saturated heterocycles. The number of piperazine rings is 1. The van der Waals surface area contributed by atoms with Crippen LogP contribution in [0.1, 0.15) is 0 Å². The molecular weight excluding hydrogens is 357 g/mol. The molecule has 0 unspecified atom stereocenters. The van der Waals surface area contributed by atoms with E-state index in [1.165, 1.54) is 0 Å². The van der Waals surface area contributed by atoms with Crippen LogP contribution >= 0.6 is 7.60 Å². The van der Waals surface area contributed by atoms with E-state index in [9.17, 15) is 4.57 Å². The molecule has 0 bridgehead atoms. The molecule has 142 valence electrons. The van der Waals surface area contributed by atoms with Crippen molar-refractivity contribution >= 4 is 24.2 Å². The van der Waals surface area contributed by atoms with E-state index in [0.29, 0.717) is 18.0 Å². The Morgan fingerprint density at radius 2 is 1.77 bits per heavy atom. The number of benzene rings is 1. The summed E-state index contributed by atoms with van der Waals surface area (Å²) in [6.07, 6.45) is 1.68. The summed E-state index contributed by atoms with van der Waals surface area (Å²) in [6.45, 7) is 3.39. The molecule has 2 aromatic rings. The van der Waals surface area contributed by atoms with Gasteiger partial charge in [0.15, 0.2) is 11.5 Å². The second-order valence-corrected chi connectivity index (χ2v) is 8.06. The normalized spacial score (nSPS) is 16.1. The van der Waals surface area contributed by atoms with Crippen LogP contribution in [0, 0.1) is 0 Å². The lowest BCUT2D eigenvalue weighted by Crippen LogP contribution is -2.47. The predicted molar refractivity (Wildman–Crippen MR) is 100 cm³/mol. The number of methoxy groups -OCH3 is 2. The SMILES string of the molecule is COc1cc2ccnc(N3CCN(CCP(=O)(O)O)CC3)c2cc1OC. The van der Waals surface area contributed by atoms with Gasteiger partial charge in [0.1, 0.15) is 5.82 Å². The Morgan fingerprint density at radius 1 is 1.12 bits per heavy atom. The van der Waals surface area contributed by atoms with Crippen molar-refractivity contribution in [2.45, 2.75) is 0 Å². The van der Waals surface area contributed by atoms with Crippen molar-refractivity contribution in [1.82, 2.24) is 9.88 Å². The lowest BCUT2D eigenvalue weighted by atomic mass is 10.1. The van der Waals surface area contributed by atoms with Gasteiger partial charge in [-0.2, -0.15) is 0 Å².